The minimum Gasteiger partial charge on any atom is -0.309 e. The minimum atomic E-state index is 0.357. The van der Waals surface area contributed by atoms with Crippen LogP contribution in [0.25, 0.3) is 0 Å². The van der Waals surface area contributed by atoms with Gasteiger partial charge in [0.1, 0.15) is 0 Å². The van der Waals surface area contributed by atoms with Gasteiger partial charge >= 0.3 is 0 Å². The van der Waals surface area contributed by atoms with Gasteiger partial charge in [-0.05, 0) is 73.2 Å². The van der Waals surface area contributed by atoms with Gasteiger partial charge < -0.3 is 5.32 Å². The molecule has 2 aromatic heterocycles. The molecule has 0 saturated carbocycles. The molecular formula is C17H24N2S. The Balaban J connectivity index is 2.09. The first-order chi connectivity index (χ1) is 9.70. The van der Waals surface area contributed by atoms with E-state index in [-0.39, 0.29) is 0 Å². The zero-order chi connectivity index (χ0) is 14.4. The number of nitrogens with zero attached hydrogens (tertiary/aromatic N) is 1. The highest BCUT2D eigenvalue weighted by molar-refractivity contribution is 7.07. The molecule has 0 aliphatic rings. The summed E-state index contributed by atoms with van der Waals surface area (Å²) in [5.74, 6) is 0. The fourth-order valence-corrected chi connectivity index (χ4v) is 3.19. The number of hydrogen-bond acceptors (Lipinski definition) is 3. The first kappa shape index (κ1) is 15.2. The molecule has 3 heteroatoms. The van der Waals surface area contributed by atoms with Crippen LogP contribution in [0, 0.1) is 13.8 Å². The second-order valence-corrected chi connectivity index (χ2v) is 6.17. The molecule has 0 spiro atoms. The van der Waals surface area contributed by atoms with E-state index in [0.29, 0.717) is 6.04 Å². The predicted molar refractivity (Wildman–Crippen MR) is 87.4 cm³/mol. The van der Waals surface area contributed by atoms with Crippen LogP contribution in [0.1, 0.15) is 48.2 Å². The van der Waals surface area contributed by atoms with Crippen LogP contribution in [0.15, 0.2) is 29.1 Å². The summed E-state index contributed by atoms with van der Waals surface area (Å²) in [4.78, 5) is 4.67. The summed E-state index contributed by atoms with van der Waals surface area (Å²) in [6, 6.07) is 4.81. The maximum absolute atomic E-state index is 4.67. The second-order valence-electron chi connectivity index (χ2n) is 5.39. The predicted octanol–water partition coefficient (Wildman–Crippen LogP) is 4.43. The zero-order valence-electron chi connectivity index (χ0n) is 12.6. The summed E-state index contributed by atoms with van der Waals surface area (Å²) in [5.41, 5.74) is 5.17. The van der Waals surface area contributed by atoms with Gasteiger partial charge in [-0.15, -0.1) is 0 Å². The Morgan fingerprint density at radius 2 is 2.20 bits per heavy atom. The van der Waals surface area contributed by atoms with E-state index in [9.17, 15) is 0 Å². The smallest absolute Gasteiger partial charge is 0.0602 e. The Morgan fingerprint density at radius 3 is 2.85 bits per heavy atom. The van der Waals surface area contributed by atoms with Crippen molar-refractivity contribution < 1.29 is 0 Å². The van der Waals surface area contributed by atoms with Gasteiger partial charge in [0.2, 0.25) is 0 Å². The Kier molecular flexibility index (Phi) is 5.74. The van der Waals surface area contributed by atoms with Crippen LogP contribution >= 0.6 is 11.3 Å². The van der Waals surface area contributed by atoms with Crippen LogP contribution in [0.4, 0.5) is 0 Å². The average molecular weight is 288 g/mol. The lowest BCUT2D eigenvalue weighted by Gasteiger charge is -2.20. The fraction of sp³-hybridized carbons (Fsp3) is 0.471. The lowest BCUT2D eigenvalue weighted by Crippen LogP contribution is -2.24. The maximum atomic E-state index is 4.67. The number of thiophene rings is 1. The Bertz CT molecular complexity index is 520. The van der Waals surface area contributed by atoms with Gasteiger partial charge in [0, 0.05) is 6.20 Å². The normalized spacial score (nSPS) is 12.6. The zero-order valence-corrected chi connectivity index (χ0v) is 13.5. The van der Waals surface area contributed by atoms with Crippen molar-refractivity contribution in [3.05, 3.63) is 51.5 Å². The van der Waals surface area contributed by atoms with Gasteiger partial charge in [-0.3, -0.25) is 4.98 Å². The van der Waals surface area contributed by atoms with Crippen LogP contribution in [0.3, 0.4) is 0 Å². The molecule has 0 aliphatic heterocycles. The molecule has 20 heavy (non-hydrogen) atoms. The molecule has 0 aliphatic carbocycles. The molecule has 0 saturated heterocycles. The van der Waals surface area contributed by atoms with E-state index in [1.807, 2.05) is 6.20 Å². The topological polar surface area (TPSA) is 24.9 Å². The molecule has 2 nitrogen and oxygen atoms in total. The van der Waals surface area contributed by atoms with Crippen molar-refractivity contribution in [2.75, 3.05) is 6.54 Å². The Morgan fingerprint density at radius 1 is 1.35 bits per heavy atom. The molecular weight excluding hydrogens is 264 g/mol. The first-order valence-corrected chi connectivity index (χ1v) is 8.32. The van der Waals surface area contributed by atoms with Crippen LogP contribution < -0.4 is 5.32 Å². The number of nitrogens with one attached hydrogen (secondary N) is 1. The van der Waals surface area contributed by atoms with E-state index in [4.69, 9.17) is 0 Å². The third kappa shape index (κ3) is 4.15. The van der Waals surface area contributed by atoms with Gasteiger partial charge in [0.05, 0.1) is 11.7 Å². The van der Waals surface area contributed by atoms with E-state index >= 15 is 0 Å². The lowest BCUT2D eigenvalue weighted by molar-refractivity contribution is 0.487. The Labute approximate surface area is 126 Å². The lowest BCUT2D eigenvalue weighted by atomic mass is 10.00. The van der Waals surface area contributed by atoms with Crippen molar-refractivity contribution in [1.29, 1.82) is 0 Å². The molecule has 0 aromatic carbocycles. The van der Waals surface area contributed by atoms with Crippen LogP contribution in [-0.4, -0.2) is 11.5 Å². The molecule has 0 fully saturated rings. The fourth-order valence-electron chi connectivity index (χ4n) is 2.49. The highest BCUT2D eigenvalue weighted by Gasteiger charge is 2.14. The Hall–Kier alpha value is -1.19. The van der Waals surface area contributed by atoms with Crippen LogP contribution in [-0.2, 0) is 6.42 Å². The maximum Gasteiger partial charge on any atom is 0.0602 e. The highest BCUT2D eigenvalue weighted by Crippen LogP contribution is 2.22. The van der Waals surface area contributed by atoms with Crippen molar-refractivity contribution in [3.8, 4) is 0 Å². The summed E-state index contributed by atoms with van der Waals surface area (Å²) >= 11 is 1.77. The van der Waals surface area contributed by atoms with Crippen molar-refractivity contribution >= 4 is 11.3 Å². The molecule has 0 bridgehead atoms. The molecule has 1 N–H and O–H groups in total. The van der Waals surface area contributed by atoms with Gasteiger partial charge in [0.15, 0.2) is 0 Å². The van der Waals surface area contributed by atoms with Crippen LogP contribution in [0.2, 0.25) is 0 Å². The SMILES string of the molecule is CCCNC(CCc1ccsc1)c1ncc(C)cc1C. The van der Waals surface area contributed by atoms with Gasteiger partial charge in [0.25, 0.3) is 0 Å². The number of aromatic nitrogens is 1. The van der Waals surface area contributed by atoms with Crippen LogP contribution in [0.5, 0.6) is 0 Å². The number of pyridine rings is 1. The number of rotatable bonds is 7. The number of aryl methyl sites for hydroxylation is 3. The van der Waals surface area contributed by atoms with E-state index in [2.05, 4.69) is 54.0 Å². The summed E-state index contributed by atoms with van der Waals surface area (Å²) in [6.45, 7) is 7.52. The molecule has 2 heterocycles. The summed E-state index contributed by atoms with van der Waals surface area (Å²) in [5, 5.41) is 8.04. The van der Waals surface area contributed by atoms with Crippen molar-refractivity contribution in [3.63, 3.8) is 0 Å². The van der Waals surface area contributed by atoms with Gasteiger partial charge in [-0.1, -0.05) is 13.0 Å². The highest BCUT2D eigenvalue weighted by atomic mass is 32.1. The molecule has 0 radical (unpaired) electrons. The standard InChI is InChI=1S/C17H24N2S/c1-4-8-18-16(6-5-15-7-9-20-12-15)17-14(3)10-13(2)11-19-17/h7,9-12,16,18H,4-6,8H2,1-3H3. The third-order valence-electron chi connectivity index (χ3n) is 3.53. The van der Waals surface area contributed by atoms with Crippen molar-refractivity contribution in [2.24, 2.45) is 0 Å². The monoisotopic (exact) mass is 288 g/mol. The largest absolute Gasteiger partial charge is 0.309 e. The van der Waals surface area contributed by atoms with E-state index in [0.717, 1.165) is 25.8 Å². The second kappa shape index (κ2) is 7.55. The quantitative estimate of drug-likeness (QED) is 0.815. The molecule has 0 amide bonds. The average Bonchev–Trinajstić information content (AvgIpc) is 2.93. The van der Waals surface area contributed by atoms with Gasteiger partial charge in [-0.2, -0.15) is 11.3 Å². The van der Waals surface area contributed by atoms with E-state index in [1.54, 1.807) is 11.3 Å². The summed E-state index contributed by atoms with van der Waals surface area (Å²) in [6.07, 6.45) is 5.35. The van der Waals surface area contributed by atoms with E-state index < -0.39 is 0 Å². The molecule has 108 valence electrons. The minimum absolute atomic E-state index is 0.357. The van der Waals surface area contributed by atoms with Crippen molar-refractivity contribution in [1.82, 2.24) is 10.3 Å². The first-order valence-electron chi connectivity index (χ1n) is 7.38. The van der Waals surface area contributed by atoms with Gasteiger partial charge in [-0.25, -0.2) is 0 Å². The number of hydrogen-bond donors (Lipinski definition) is 1. The van der Waals surface area contributed by atoms with E-state index in [1.165, 1.54) is 22.4 Å². The molecule has 1 atom stereocenters. The summed E-state index contributed by atoms with van der Waals surface area (Å²) in [7, 11) is 0. The van der Waals surface area contributed by atoms with Crippen molar-refractivity contribution in [2.45, 2.75) is 46.1 Å². The molecule has 2 aromatic rings. The molecule has 1 unspecified atom stereocenters. The molecule has 2 rings (SSSR count). The third-order valence-corrected chi connectivity index (χ3v) is 4.26. The summed E-state index contributed by atoms with van der Waals surface area (Å²) < 4.78 is 0.